The van der Waals surface area contributed by atoms with E-state index in [1.807, 2.05) is 0 Å². The van der Waals surface area contributed by atoms with Crippen LogP contribution in [0.3, 0.4) is 0 Å². The van der Waals surface area contributed by atoms with E-state index in [1.54, 1.807) is 0 Å². The number of carboxylic acids is 1. The van der Waals surface area contributed by atoms with E-state index in [0.29, 0.717) is 12.8 Å². The fourth-order valence-corrected chi connectivity index (χ4v) is 1.47. The van der Waals surface area contributed by atoms with Gasteiger partial charge < -0.3 is 10.8 Å². The Labute approximate surface area is 87.6 Å². The molecular formula is C8H8F3N3O2. The highest BCUT2D eigenvalue weighted by Gasteiger charge is 2.43. The SMILES string of the molecule is Nc1c(C(F)(F)F)c(C(=O)O)nn1C1CC1. The Morgan fingerprint density at radius 2 is 2.06 bits per heavy atom. The number of halogens is 3. The highest BCUT2D eigenvalue weighted by molar-refractivity contribution is 5.89. The van der Waals surface area contributed by atoms with Gasteiger partial charge in [0.15, 0.2) is 5.69 Å². The van der Waals surface area contributed by atoms with Gasteiger partial charge in [-0.1, -0.05) is 0 Å². The van der Waals surface area contributed by atoms with Crippen molar-refractivity contribution < 1.29 is 23.1 Å². The zero-order valence-corrected chi connectivity index (χ0v) is 7.95. The Morgan fingerprint density at radius 1 is 1.50 bits per heavy atom. The van der Waals surface area contributed by atoms with E-state index in [-0.39, 0.29) is 6.04 Å². The number of aromatic carboxylic acids is 1. The molecule has 3 N–H and O–H groups in total. The molecule has 1 aromatic heterocycles. The van der Waals surface area contributed by atoms with Crippen molar-refractivity contribution in [3.8, 4) is 0 Å². The molecule has 1 saturated carbocycles. The number of nitrogens with zero attached hydrogens (tertiary/aromatic N) is 2. The van der Waals surface area contributed by atoms with Gasteiger partial charge in [-0.2, -0.15) is 18.3 Å². The molecule has 8 heteroatoms. The lowest BCUT2D eigenvalue weighted by atomic mass is 10.2. The van der Waals surface area contributed by atoms with Gasteiger partial charge in [-0.15, -0.1) is 0 Å². The van der Waals surface area contributed by atoms with Crippen LogP contribution in [0, 0.1) is 0 Å². The molecule has 0 spiro atoms. The van der Waals surface area contributed by atoms with Crippen LogP contribution in [0.1, 0.15) is 34.9 Å². The third-order valence-electron chi connectivity index (χ3n) is 2.33. The van der Waals surface area contributed by atoms with E-state index < -0.39 is 29.2 Å². The summed E-state index contributed by atoms with van der Waals surface area (Å²) in [5.41, 5.74) is 2.90. The Hall–Kier alpha value is -1.73. The Morgan fingerprint density at radius 3 is 2.38 bits per heavy atom. The Balaban J connectivity index is 2.59. The molecule has 0 bridgehead atoms. The summed E-state index contributed by atoms with van der Waals surface area (Å²) in [6.07, 6.45) is -3.46. The minimum Gasteiger partial charge on any atom is -0.476 e. The molecule has 16 heavy (non-hydrogen) atoms. The Bertz CT molecular complexity index is 448. The zero-order chi connectivity index (χ0) is 12.1. The fourth-order valence-electron chi connectivity index (χ4n) is 1.47. The van der Waals surface area contributed by atoms with Crippen molar-refractivity contribution in [2.75, 3.05) is 5.73 Å². The Kier molecular flexibility index (Phi) is 2.11. The van der Waals surface area contributed by atoms with Crippen LogP contribution in [0.25, 0.3) is 0 Å². The first-order valence-electron chi connectivity index (χ1n) is 4.51. The molecule has 5 nitrogen and oxygen atoms in total. The number of hydrogen-bond acceptors (Lipinski definition) is 3. The van der Waals surface area contributed by atoms with E-state index in [1.165, 1.54) is 0 Å². The summed E-state index contributed by atoms with van der Waals surface area (Å²) in [7, 11) is 0. The second-order valence-corrected chi connectivity index (χ2v) is 3.59. The van der Waals surface area contributed by atoms with E-state index in [2.05, 4.69) is 5.10 Å². The molecular weight excluding hydrogens is 227 g/mol. The normalized spacial score (nSPS) is 16.4. The van der Waals surface area contributed by atoms with Gasteiger partial charge in [0, 0.05) is 0 Å². The number of carboxylic acid groups (broad SMARTS) is 1. The summed E-state index contributed by atoms with van der Waals surface area (Å²) < 4.78 is 38.7. The fraction of sp³-hybridized carbons (Fsp3) is 0.500. The highest BCUT2D eigenvalue weighted by atomic mass is 19.4. The molecule has 0 atom stereocenters. The lowest BCUT2D eigenvalue weighted by Gasteiger charge is -2.06. The van der Waals surface area contributed by atoms with Crippen molar-refractivity contribution in [2.45, 2.75) is 25.1 Å². The largest absolute Gasteiger partial charge is 0.476 e. The van der Waals surface area contributed by atoms with Crippen molar-refractivity contribution in [2.24, 2.45) is 0 Å². The summed E-state index contributed by atoms with van der Waals surface area (Å²) >= 11 is 0. The van der Waals surface area contributed by atoms with Crippen LogP contribution >= 0.6 is 0 Å². The quantitative estimate of drug-likeness (QED) is 0.814. The number of carbonyl (C=O) groups is 1. The van der Waals surface area contributed by atoms with Crippen molar-refractivity contribution in [1.29, 1.82) is 0 Å². The summed E-state index contributed by atoms with van der Waals surface area (Å²) in [4.78, 5) is 10.6. The van der Waals surface area contributed by atoms with Crippen molar-refractivity contribution in [3.63, 3.8) is 0 Å². The molecule has 1 aliphatic carbocycles. The summed E-state index contributed by atoms with van der Waals surface area (Å²) in [5, 5.41) is 12.0. The maximum Gasteiger partial charge on any atom is 0.422 e. The third kappa shape index (κ3) is 1.59. The van der Waals surface area contributed by atoms with E-state index in [9.17, 15) is 18.0 Å². The number of nitrogen functional groups attached to an aromatic ring is 1. The monoisotopic (exact) mass is 235 g/mol. The smallest absolute Gasteiger partial charge is 0.422 e. The second kappa shape index (κ2) is 3.13. The maximum atomic E-state index is 12.6. The number of nitrogens with two attached hydrogens (primary N) is 1. The van der Waals surface area contributed by atoms with E-state index in [0.717, 1.165) is 4.68 Å². The molecule has 1 heterocycles. The summed E-state index contributed by atoms with van der Waals surface area (Å²) in [6, 6.07) is -0.200. The third-order valence-corrected chi connectivity index (χ3v) is 2.33. The molecule has 2 rings (SSSR count). The molecule has 0 unspecified atom stereocenters. The number of alkyl halides is 3. The lowest BCUT2D eigenvalue weighted by molar-refractivity contribution is -0.137. The van der Waals surface area contributed by atoms with E-state index in [4.69, 9.17) is 10.8 Å². The van der Waals surface area contributed by atoms with Crippen molar-refractivity contribution >= 4 is 11.8 Å². The molecule has 88 valence electrons. The number of aromatic nitrogens is 2. The van der Waals surface area contributed by atoms with E-state index >= 15 is 0 Å². The van der Waals surface area contributed by atoms with Gasteiger partial charge in [0.1, 0.15) is 11.4 Å². The summed E-state index contributed by atoms with van der Waals surface area (Å²) in [6.45, 7) is 0. The van der Waals surface area contributed by atoms with Crippen LogP contribution in [0.5, 0.6) is 0 Å². The summed E-state index contributed by atoms with van der Waals surface area (Å²) in [5.74, 6) is -2.34. The van der Waals surface area contributed by atoms with Crippen LogP contribution < -0.4 is 5.73 Å². The van der Waals surface area contributed by atoms with Crippen LogP contribution in [0.2, 0.25) is 0 Å². The minimum absolute atomic E-state index is 0.200. The molecule has 0 aromatic carbocycles. The predicted molar refractivity (Wildman–Crippen MR) is 46.9 cm³/mol. The van der Waals surface area contributed by atoms with Gasteiger partial charge in [-0.05, 0) is 12.8 Å². The zero-order valence-electron chi connectivity index (χ0n) is 7.95. The molecule has 1 aromatic rings. The predicted octanol–water partition coefficient (Wildman–Crippen LogP) is 1.52. The molecule has 0 amide bonds. The molecule has 0 aliphatic heterocycles. The second-order valence-electron chi connectivity index (χ2n) is 3.59. The van der Waals surface area contributed by atoms with Gasteiger partial charge in [0.05, 0.1) is 6.04 Å². The number of hydrogen-bond donors (Lipinski definition) is 2. The van der Waals surface area contributed by atoms with Crippen LogP contribution in [0.15, 0.2) is 0 Å². The van der Waals surface area contributed by atoms with Crippen LogP contribution in [0.4, 0.5) is 19.0 Å². The molecule has 0 saturated heterocycles. The van der Waals surface area contributed by atoms with Gasteiger partial charge >= 0.3 is 12.1 Å². The topological polar surface area (TPSA) is 81.1 Å². The molecule has 0 radical (unpaired) electrons. The molecule has 1 fully saturated rings. The standard InChI is InChI=1S/C8H8F3N3O2/c9-8(10,11)4-5(7(15)16)13-14(6(4)12)3-1-2-3/h3H,1-2,12H2,(H,15,16). The maximum absolute atomic E-state index is 12.6. The number of rotatable bonds is 2. The van der Waals surface area contributed by atoms with Gasteiger partial charge in [0.2, 0.25) is 0 Å². The first-order valence-corrected chi connectivity index (χ1v) is 4.51. The first kappa shape index (κ1) is 10.8. The number of anilines is 1. The molecule has 1 aliphatic rings. The first-order chi connectivity index (χ1) is 7.32. The lowest BCUT2D eigenvalue weighted by Crippen LogP contribution is -2.13. The van der Waals surface area contributed by atoms with Gasteiger partial charge in [0.25, 0.3) is 0 Å². The highest BCUT2D eigenvalue weighted by Crippen LogP contribution is 2.42. The van der Waals surface area contributed by atoms with Crippen molar-refractivity contribution in [3.05, 3.63) is 11.3 Å². The average molecular weight is 235 g/mol. The van der Waals surface area contributed by atoms with Gasteiger partial charge in [-0.25, -0.2) is 9.48 Å². The van der Waals surface area contributed by atoms with Crippen LogP contribution in [-0.2, 0) is 6.18 Å². The van der Waals surface area contributed by atoms with Gasteiger partial charge in [-0.3, -0.25) is 0 Å². The minimum atomic E-state index is -4.80. The van der Waals surface area contributed by atoms with Crippen LogP contribution in [-0.4, -0.2) is 20.9 Å². The van der Waals surface area contributed by atoms with Crippen molar-refractivity contribution in [1.82, 2.24) is 9.78 Å². The average Bonchev–Trinajstić information content (AvgIpc) is 2.87.